The van der Waals surface area contributed by atoms with Crippen molar-refractivity contribution in [2.24, 2.45) is 0 Å². The molecule has 0 radical (unpaired) electrons. The maximum absolute atomic E-state index is 11.6. The van der Waals surface area contributed by atoms with Gasteiger partial charge in [-0.2, -0.15) is 30.3 Å². The van der Waals surface area contributed by atoms with Crippen molar-refractivity contribution in [1.82, 2.24) is 0 Å². The van der Waals surface area contributed by atoms with Crippen LogP contribution in [0.15, 0.2) is 126 Å². The van der Waals surface area contributed by atoms with E-state index >= 15 is 0 Å². The third-order valence-corrected chi connectivity index (χ3v) is 9.84. The summed E-state index contributed by atoms with van der Waals surface area (Å²) in [5.41, 5.74) is 9.07. The number of anilines is 3. The number of hydrogen-bond donors (Lipinski definition) is 0. The average molecular weight is 683 g/mol. The number of rotatable bonds is 15. The molecule has 0 aliphatic rings. The van der Waals surface area contributed by atoms with Gasteiger partial charge in [-0.05, 0) is 105 Å². The average Bonchev–Trinajstić information content (AvgIpc) is 3.12. The summed E-state index contributed by atoms with van der Waals surface area (Å²) in [6, 6.07) is 44.2. The zero-order chi connectivity index (χ0) is 34.1. The molecule has 8 heteroatoms. The zero-order valence-corrected chi connectivity index (χ0v) is 32.2. The molecular weight excluding hydrogens is 638 g/mol. The van der Waals surface area contributed by atoms with Crippen LogP contribution in [0.5, 0.6) is 0 Å². The molecule has 0 aromatic heterocycles. The Morgan fingerprint density at radius 3 is 1.43 bits per heavy atom. The first kappa shape index (κ1) is 38.2. The fraction of sp³-hybridized carbons (Fsp3) is 0.268. The zero-order valence-electron chi connectivity index (χ0n) is 29.3. The predicted octanol–water partition coefficient (Wildman–Crippen LogP) is 5.47. The molecule has 5 rings (SSSR count). The molecule has 0 aliphatic carbocycles. The minimum absolute atomic E-state index is 0. The molecule has 0 bridgehead atoms. The minimum Gasteiger partial charge on any atom is -0.744 e. The summed E-state index contributed by atoms with van der Waals surface area (Å²) in [6.45, 7) is 13.5. The van der Waals surface area contributed by atoms with Crippen LogP contribution < -0.4 is 44.3 Å². The molecule has 250 valence electrons. The Kier molecular flexibility index (Phi) is 13.9. The molecule has 5 aromatic carbocycles. The molecule has 1 unspecified atom stereocenters. The minimum atomic E-state index is -4.51. The SMILES string of the molecule is CCN(CC)c1ccc(C(c2ccc(N(CC)Cc3c[c-]ccc3)cc2)c2ccc(N(CC)Cc3cccc(S(=O)(=O)[O-])c3)cc2)cc1.[Na+]. The van der Waals surface area contributed by atoms with Crippen LogP contribution in [0.25, 0.3) is 0 Å². The van der Waals surface area contributed by atoms with Gasteiger partial charge in [0, 0.05) is 55.7 Å². The summed E-state index contributed by atoms with van der Waals surface area (Å²) in [5.74, 6) is 0.0340. The van der Waals surface area contributed by atoms with Crippen molar-refractivity contribution < 1.29 is 42.5 Å². The van der Waals surface area contributed by atoms with Crippen LogP contribution in [0.4, 0.5) is 17.1 Å². The van der Waals surface area contributed by atoms with Gasteiger partial charge in [-0.3, -0.25) is 0 Å². The van der Waals surface area contributed by atoms with E-state index in [-0.39, 0.29) is 40.4 Å². The van der Waals surface area contributed by atoms with Crippen molar-refractivity contribution in [2.45, 2.75) is 51.6 Å². The Bertz CT molecular complexity index is 1850. The monoisotopic (exact) mass is 682 g/mol. The van der Waals surface area contributed by atoms with Crippen molar-refractivity contribution in [2.75, 3.05) is 40.9 Å². The van der Waals surface area contributed by atoms with Crippen molar-refractivity contribution >= 4 is 27.2 Å². The first-order valence-corrected chi connectivity index (χ1v) is 18.2. The second kappa shape index (κ2) is 17.9. The second-order valence-electron chi connectivity index (χ2n) is 11.9. The molecule has 0 spiro atoms. The molecule has 0 fully saturated rings. The first-order valence-electron chi connectivity index (χ1n) is 16.8. The van der Waals surface area contributed by atoms with Crippen LogP contribution in [-0.4, -0.2) is 39.1 Å². The van der Waals surface area contributed by atoms with E-state index in [0.29, 0.717) is 6.54 Å². The Morgan fingerprint density at radius 1 is 0.592 bits per heavy atom. The van der Waals surface area contributed by atoms with Gasteiger partial charge in [-0.15, -0.1) is 5.56 Å². The van der Waals surface area contributed by atoms with E-state index in [1.807, 2.05) is 24.3 Å². The normalized spacial score (nSPS) is 11.8. The molecule has 0 heterocycles. The smallest absolute Gasteiger partial charge is 0.744 e. The van der Waals surface area contributed by atoms with E-state index in [1.165, 1.54) is 45.8 Å². The van der Waals surface area contributed by atoms with E-state index in [4.69, 9.17) is 0 Å². The molecule has 1 atom stereocenters. The summed E-state index contributed by atoms with van der Waals surface area (Å²) in [7, 11) is -4.51. The Balaban J connectivity index is 0.00000541. The molecule has 0 amide bonds. The van der Waals surface area contributed by atoms with Crippen LogP contribution in [0, 0.1) is 6.07 Å². The molecule has 5 aromatic rings. The van der Waals surface area contributed by atoms with Gasteiger partial charge < -0.3 is 19.3 Å². The van der Waals surface area contributed by atoms with E-state index < -0.39 is 10.1 Å². The van der Waals surface area contributed by atoms with Crippen molar-refractivity contribution in [3.63, 3.8) is 0 Å². The molecule has 0 N–H and O–H groups in total. The molecule has 0 saturated heterocycles. The van der Waals surface area contributed by atoms with Gasteiger partial charge in [0.25, 0.3) is 0 Å². The Hall–Kier alpha value is -3.59. The number of benzene rings is 5. The van der Waals surface area contributed by atoms with Crippen LogP contribution >= 0.6 is 0 Å². The standard InChI is InChI=1S/C41H46N3O3S.Na/c1-5-42(6-2)37-23-17-34(18-24-37)41(35-19-25-38(26-20-35)43(7-3)30-32-13-10-9-11-14-32)36-21-27-39(28-22-36)44(8-4)31-33-15-12-16-40(29-33)48(45,46)47;/h9-10,12-29,41H,5-8,30-31H2,1-4H3,(H,45,46,47);/q-1;+1/p-1. The van der Waals surface area contributed by atoms with Gasteiger partial charge in [0.05, 0.1) is 4.90 Å². The maximum atomic E-state index is 11.6. The van der Waals surface area contributed by atoms with Gasteiger partial charge in [0.2, 0.25) is 0 Å². The summed E-state index contributed by atoms with van der Waals surface area (Å²) < 4.78 is 34.8. The van der Waals surface area contributed by atoms with Gasteiger partial charge in [-0.25, -0.2) is 8.42 Å². The fourth-order valence-electron chi connectivity index (χ4n) is 6.34. The van der Waals surface area contributed by atoms with E-state index in [1.54, 1.807) is 6.07 Å². The van der Waals surface area contributed by atoms with Crippen molar-refractivity contribution in [1.29, 1.82) is 0 Å². The van der Waals surface area contributed by atoms with Gasteiger partial charge in [0.15, 0.2) is 0 Å². The quantitative estimate of drug-likeness (QED) is 0.0632. The fourth-order valence-corrected chi connectivity index (χ4v) is 6.88. The molecule has 0 aliphatic heterocycles. The van der Waals surface area contributed by atoms with Crippen LogP contribution in [-0.2, 0) is 23.2 Å². The Morgan fingerprint density at radius 2 is 1.02 bits per heavy atom. The Labute approximate surface area is 315 Å². The predicted molar refractivity (Wildman–Crippen MR) is 197 cm³/mol. The van der Waals surface area contributed by atoms with Crippen LogP contribution in [0.3, 0.4) is 0 Å². The molecule has 49 heavy (non-hydrogen) atoms. The van der Waals surface area contributed by atoms with Crippen LogP contribution in [0.1, 0.15) is 61.4 Å². The molecule has 6 nitrogen and oxygen atoms in total. The van der Waals surface area contributed by atoms with E-state index in [9.17, 15) is 13.0 Å². The third-order valence-electron chi connectivity index (χ3n) is 9.01. The molecule has 0 saturated carbocycles. The van der Waals surface area contributed by atoms with Gasteiger partial charge >= 0.3 is 29.6 Å². The van der Waals surface area contributed by atoms with Crippen molar-refractivity contribution in [3.8, 4) is 0 Å². The summed E-state index contributed by atoms with van der Waals surface area (Å²) in [6.07, 6.45) is 0. The topological polar surface area (TPSA) is 66.9 Å². The van der Waals surface area contributed by atoms with E-state index in [2.05, 4.69) is 127 Å². The van der Waals surface area contributed by atoms with Gasteiger partial charge in [0.1, 0.15) is 10.1 Å². The molecular formula is C41H45N3NaO3S-. The third kappa shape index (κ3) is 9.77. The summed E-state index contributed by atoms with van der Waals surface area (Å²) in [5, 5.41) is 0. The summed E-state index contributed by atoms with van der Waals surface area (Å²) in [4.78, 5) is 6.70. The largest absolute Gasteiger partial charge is 1.00 e. The van der Waals surface area contributed by atoms with Gasteiger partial charge in [-0.1, -0.05) is 48.5 Å². The number of hydrogen-bond acceptors (Lipinski definition) is 6. The van der Waals surface area contributed by atoms with Crippen LogP contribution in [0.2, 0.25) is 0 Å². The second-order valence-corrected chi connectivity index (χ2v) is 13.3. The van der Waals surface area contributed by atoms with E-state index in [0.717, 1.165) is 44.0 Å². The maximum Gasteiger partial charge on any atom is 1.00 e. The first-order chi connectivity index (χ1) is 23.2. The summed E-state index contributed by atoms with van der Waals surface area (Å²) >= 11 is 0. The van der Waals surface area contributed by atoms with Crippen molar-refractivity contribution in [3.05, 3.63) is 155 Å². The number of nitrogens with zero attached hydrogens (tertiary/aromatic N) is 3.